The highest BCUT2D eigenvalue weighted by atomic mass is 16.5. The summed E-state index contributed by atoms with van der Waals surface area (Å²) in [7, 11) is 1.66. The first-order valence-electron chi connectivity index (χ1n) is 10.2. The summed E-state index contributed by atoms with van der Waals surface area (Å²) in [5, 5.41) is 4.15. The summed E-state index contributed by atoms with van der Waals surface area (Å²) in [5.41, 5.74) is 5.68. The van der Waals surface area contributed by atoms with Gasteiger partial charge in [-0.15, -0.1) is 0 Å². The van der Waals surface area contributed by atoms with Crippen LogP contribution >= 0.6 is 0 Å². The fourth-order valence-electron chi connectivity index (χ4n) is 4.30. The minimum absolute atomic E-state index is 0.0373. The Kier molecular flexibility index (Phi) is 5.43. The molecule has 150 valence electrons. The first-order valence-corrected chi connectivity index (χ1v) is 10.2. The molecule has 29 heavy (non-hydrogen) atoms. The van der Waals surface area contributed by atoms with Gasteiger partial charge in [-0.05, 0) is 43.9 Å². The Bertz CT molecular complexity index is 1060. The molecule has 0 radical (unpaired) electrons. The highest BCUT2D eigenvalue weighted by Crippen LogP contribution is 2.40. The van der Waals surface area contributed by atoms with Gasteiger partial charge in [-0.2, -0.15) is 0 Å². The van der Waals surface area contributed by atoms with E-state index in [0.29, 0.717) is 6.04 Å². The van der Waals surface area contributed by atoms with Crippen molar-refractivity contribution in [2.45, 2.75) is 45.6 Å². The van der Waals surface area contributed by atoms with Crippen molar-refractivity contribution in [3.05, 3.63) is 59.9 Å². The molecule has 4 heteroatoms. The molecule has 0 bridgehead atoms. The second-order valence-corrected chi connectivity index (χ2v) is 7.79. The molecule has 1 aliphatic carbocycles. The molecule has 0 atom stereocenters. The maximum Gasteiger partial charge on any atom is 0.244 e. The van der Waals surface area contributed by atoms with Crippen LogP contribution < -0.4 is 10.1 Å². The number of carbonyl (C=O) groups excluding carboxylic acids is 1. The van der Waals surface area contributed by atoms with E-state index in [2.05, 4.69) is 23.5 Å². The largest absolute Gasteiger partial charge is 0.496 e. The summed E-state index contributed by atoms with van der Waals surface area (Å²) in [6.07, 6.45) is 8.01. The minimum Gasteiger partial charge on any atom is -0.496 e. The molecule has 1 fully saturated rings. The maximum absolute atomic E-state index is 12.5. The van der Waals surface area contributed by atoms with Crippen molar-refractivity contribution < 1.29 is 13.9 Å². The Morgan fingerprint density at radius 3 is 2.62 bits per heavy atom. The van der Waals surface area contributed by atoms with Crippen LogP contribution in [0.2, 0.25) is 0 Å². The summed E-state index contributed by atoms with van der Waals surface area (Å²) in [6.45, 7) is 3.95. The van der Waals surface area contributed by atoms with Gasteiger partial charge in [0.25, 0.3) is 0 Å². The first-order chi connectivity index (χ1) is 14.1. The number of rotatable bonds is 5. The summed E-state index contributed by atoms with van der Waals surface area (Å²) in [5.74, 6) is 0.707. The average Bonchev–Trinajstić information content (AvgIpc) is 3.38. The molecule has 1 amide bonds. The zero-order valence-electron chi connectivity index (χ0n) is 17.2. The molecule has 0 aliphatic heterocycles. The van der Waals surface area contributed by atoms with Gasteiger partial charge in [0.2, 0.25) is 5.91 Å². The Morgan fingerprint density at radius 2 is 1.93 bits per heavy atom. The Labute approximate surface area is 171 Å². The van der Waals surface area contributed by atoms with Crippen molar-refractivity contribution in [2.75, 3.05) is 7.11 Å². The first kappa shape index (κ1) is 19.3. The summed E-state index contributed by atoms with van der Waals surface area (Å²) in [4.78, 5) is 12.5. The number of carbonyl (C=O) groups is 1. The maximum atomic E-state index is 12.5. The van der Waals surface area contributed by atoms with Crippen molar-refractivity contribution in [2.24, 2.45) is 0 Å². The Morgan fingerprint density at radius 1 is 1.21 bits per heavy atom. The molecule has 4 rings (SSSR count). The third-order valence-electron chi connectivity index (χ3n) is 5.81. The predicted octanol–water partition coefficient (Wildman–Crippen LogP) is 5.88. The van der Waals surface area contributed by atoms with Gasteiger partial charge in [0.1, 0.15) is 11.3 Å². The van der Waals surface area contributed by atoms with Crippen LogP contribution in [0.3, 0.4) is 0 Å². The number of aryl methyl sites for hydroxylation is 1. The molecule has 2 aromatic carbocycles. The molecular weight excluding hydrogens is 362 g/mol. The van der Waals surface area contributed by atoms with Crippen molar-refractivity contribution in [3.8, 4) is 16.9 Å². The van der Waals surface area contributed by atoms with Crippen LogP contribution in [0.15, 0.2) is 53.2 Å². The van der Waals surface area contributed by atoms with E-state index in [-0.39, 0.29) is 5.91 Å². The number of ether oxygens (including phenoxy) is 1. The number of furan rings is 1. The second kappa shape index (κ2) is 8.16. The normalized spacial score (nSPS) is 15.1. The number of fused-ring (bicyclic) bond motifs is 1. The molecule has 1 saturated carbocycles. The van der Waals surface area contributed by atoms with Gasteiger partial charge in [0.15, 0.2) is 0 Å². The van der Waals surface area contributed by atoms with Crippen LogP contribution in [0.1, 0.15) is 43.7 Å². The molecule has 0 unspecified atom stereocenters. The Balaban J connectivity index is 1.76. The van der Waals surface area contributed by atoms with Crippen molar-refractivity contribution >= 4 is 22.4 Å². The van der Waals surface area contributed by atoms with E-state index in [0.717, 1.165) is 57.4 Å². The zero-order chi connectivity index (χ0) is 20.4. The van der Waals surface area contributed by atoms with E-state index in [1.54, 1.807) is 19.4 Å². The minimum atomic E-state index is -0.0373. The topological polar surface area (TPSA) is 51.5 Å². The zero-order valence-corrected chi connectivity index (χ0v) is 17.2. The summed E-state index contributed by atoms with van der Waals surface area (Å²) in [6, 6.07) is 12.6. The van der Waals surface area contributed by atoms with Crippen LogP contribution in [0, 0.1) is 6.92 Å². The number of hydrogen-bond acceptors (Lipinski definition) is 3. The van der Waals surface area contributed by atoms with E-state index in [4.69, 9.17) is 9.15 Å². The lowest BCUT2D eigenvalue weighted by atomic mass is 9.96. The Hall–Kier alpha value is -3.01. The summed E-state index contributed by atoms with van der Waals surface area (Å²) >= 11 is 0. The molecule has 1 heterocycles. The smallest absolute Gasteiger partial charge is 0.244 e. The van der Waals surface area contributed by atoms with Gasteiger partial charge >= 0.3 is 0 Å². The third kappa shape index (κ3) is 3.80. The number of allylic oxidation sites excluding steroid dienone is 1. The van der Waals surface area contributed by atoms with E-state index < -0.39 is 0 Å². The molecule has 1 N–H and O–H groups in total. The van der Waals surface area contributed by atoms with Crippen LogP contribution in [0.5, 0.6) is 5.75 Å². The van der Waals surface area contributed by atoms with Crippen molar-refractivity contribution in [3.63, 3.8) is 0 Å². The molecule has 4 nitrogen and oxygen atoms in total. The number of benzene rings is 2. The highest BCUT2D eigenvalue weighted by Gasteiger charge is 2.20. The molecule has 1 aromatic heterocycles. The van der Waals surface area contributed by atoms with Crippen molar-refractivity contribution in [1.29, 1.82) is 0 Å². The van der Waals surface area contributed by atoms with E-state index in [1.165, 1.54) is 12.8 Å². The molecule has 3 aromatic rings. The van der Waals surface area contributed by atoms with E-state index in [1.807, 2.05) is 32.0 Å². The van der Waals surface area contributed by atoms with Gasteiger partial charge in [-0.3, -0.25) is 4.79 Å². The average molecular weight is 389 g/mol. The quantitative estimate of drug-likeness (QED) is 0.555. The summed E-state index contributed by atoms with van der Waals surface area (Å²) < 4.78 is 11.6. The van der Waals surface area contributed by atoms with Gasteiger partial charge in [-0.25, -0.2) is 0 Å². The lowest BCUT2D eigenvalue weighted by Crippen LogP contribution is -2.31. The van der Waals surface area contributed by atoms with E-state index in [9.17, 15) is 4.79 Å². The number of nitrogens with one attached hydrogen (secondary N) is 1. The third-order valence-corrected chi connectivity index (χ3v) is 5.81. The standard InChI is InChI=1S/C25H27NO3/c1-16(13-23(27)26-19-11-7-8-12-19)20-14-21-22(18-9-5-4-6-10-18)15-29-25(21)17(2)24(20)28-3/h4-6,9-10,13-15,19H,7-8,11-12H2,1-3H3,(H,26,27)/b16-13+. The molecule has 0 spiro atoms. The van der Waals surface area contributed by atoms with Gasteiger partial charge in [-0.1, -0.05) is 43.2 Å². The number of methoxy groups -OCH3 is 1. The van der Waals surface area contributed by atoms with Gasteiger partial charge in [0.05, 0.1) is 13.4 Å². The second-order valence-electron chi connectivity index (χ2n) is 7.79. The van der Waals surface area contributed by atoms with Crippen LogP contribution in [-0.4, -0.2) is 19.1 Å². The lowest BCUT2D eigenvalue weighted by Gasteiger charge is -2.14. The monoisotopic (exact) mass is 389 g/mol. The lowest BCUT2D eigenvalue weighted by molar-refractivity contribution is -0.117. The van der Waals surface area contributed by atoms with Crippen LogP contribution in [0.4, 0.5) is 0 Å². The van der Waals surface area contributed by atoms with E-state index >= 15 is 0 Å². The van der Waals surface area contributed by atoms with Crippen LogP contribution in [-0.2, 0) is 4.79 Å². The SMILES string of the molecule is COc1c(/C(C)=C/C(=O)NC2CCCC2)cc2c(-c3ccccc3)coc2c1C. The fraction of sp³-hybridized carbons (Fsp3) is 0.320. The van der Waals surface area contributed by atoms with Gasteiger partial charge in [0, 0.05) is 34.2 Å². The number of hydrogen-bond donors (Lipinski definition) is 1. The van der Waals surface area contributed by atoms with Gasteiger partial charge < -0.3 is 14.5 Å². The predicted molar refractivity (Wildman–Crippen MR) is 117 cm³/mol. The molecule has 0 saturated heterocycles. The molecule has 1 aliphatic rings. The number of amides is 1. The highest BCUT2D eigenvalue weighted by molar-refractivity contribution is 6.01. The fourth-order valence-corrected chi connectivity index (χ4v) is 4.30. The van der Waals surface area contributed by atoms with Crippen molar-refractivity contribution in [1.82, 2.24) is 5.32 Å². The molecular formula is C25H27NO3. The van der Waals surface area contributed by atoms with Crippen LogP contribution in [0.25, 0.3) is 27.7 Å².